The SMILES string of the molecule is C/C1=C\CC(C)(C)CCC(=O)/C(C)=C/CC1. The molecule has 0 radical (unpaired) electrons. The first-order valence-corrected chi connectivity index (χ1v) is 6.26. The zero-order valence-electron chi connectivity index (χ0n) is 11.1. The Balaban J connectivity index is 2.80. The predicted octanol–water partition coefficient (Wildman–Crippen LogP) is 4.44. The summed E-state index contributed by atoms with van der Waals surface area (Å²) in [6.45, 7) is 8.65. The summed E-state index contributed by atoms with van der Waals surface area (Å²) in [6, 6.07) is 0. The van der Waals surface area contributed by atoms with Gasteiger partial charge in [-0.25, -0.2) is 0 Å². The smallest absolute Gasteiger partial charge is 0.158 e. The van der Waals surface area contributed by atoms with Crippen molar-refractivity contribution in [3.05, 3.63) is 23.3 Å². The van der Waals surface area contributed by atoms with Gasteiger partial charge in [-0.1, -0.05) is 31.6 Å². The van der Waals surface area contributed by atoms with Crippen molar-refractivity contribution < 1.29 is 4.79 Å². The lowest BCUT2D eigenvalue weighted by Crippen LogP contribution is -2.13. The highest BCUT2D eigenvalue weighted by Crippen LogP contribution is 2.29. The lowest BCUT2D eigenvalue weighted by atomic mass is 9.83. The van der Waals surface area contributed by atoms with E-state index in [-0.39, 0.29) is 5.41 Å². The van der Waals surface area contributed by atoms with Gasteiger partial charge in [0.05, 0.1) is 0 Å². The molecule has 90 valence electrons. The van der Waals surface area contributed by atoms with Crippen LogP contribution in [-0.2, 0) is 4.79 Å². The van der Waals surface area contributed by atoms with Gasteiger partial charge >= 0.3 is 0 Å². The molecule has 0 aromatic heterocycles. The van der Waals surface area contributed by atoms with Crippen LogP contribution in [0.15, 0.2) is 23.3 Å². The highest BCUT2D eigenvalue weighted by atomic mass is 16.1. The Bertz CT molecular complexity index is 318. The second kappa shape index (κ2) is 5.47. The summed E-state index contributed by atoms with van der Waals surface area (Å²) in [4.78, 5) is 11.8. The Hall–Kier alpha value is -0.850. The number of Topliss-reactive ketones (excluding diaryl/α,β-unsaturated/α-hetero) is 1. The lowest BCUT2D eigenvalue weighted by Gasteiger charge is -2.22. The Labute approximate surface area is 99.6 Å². The molecule has 0 spiro atoms. The van der Waals surface area contributed by atoms with Crippen LogP contribution >= 0.6 is 0 Å². The van der Waals surface area contributed by atoms with Crippen LogP contribution in [0.25, 0.3) is 0 Å². The molecule has 1 aliphatic rings. The number of hydrogen-bond acceptors (Lipinski definition) is 1. The largest absolute Gasteiger partial charge is 0.295 e. The molecule has 0 heterocycles. The number of carbonyl (C=O) groups excluding carboxylic acids is 1. The monoisotopic (exact) mass is 220 g/mol. The number of carbonyl (C=O) groups is 1. The molecular formula is C15H24O. The van der Waals surface area contributed by atoms with Crippen LogP contribution in [0.5, 0.6) is 0 Å². The van der Waals surface area contributed by atoms with E-state index < -0.39 is 0 Å². The third kappa shape index (κ3) is 4.34. The Morgan fingerprint density at radius 3 is 2.50 bits per heavy atom. The third-order valence-corrected chi connectivity index (χ3v) is 3.46. The maximum Gasteiger partial charge on any atom is 0.158 e. The maximum absolute atomic E-state index is 11.8. The van der Waals surface area contributed by atoms with Crippen molar-refractivity contribution in [1.29, 1.82) is 0 Å². The van der Waals surface area contributed by atoms with Gasteiger partial charge in [-0.15, -0.1) is 0 Å². The van der Waals surface area contributed by atoms with Crippen LogP contribution in [-0.4, -0.2) is 5.78 Å². The van der Waals surface area contributed by atoms with E-state index >= 15 is 0 Å². The van der Waals surface area contributed by atoms with E-state index in [0.29, 0.717) is 12.2 Å². The summed E-state index contributed by atoms with van der Waals surface area (Å²) in [5, 5.41) is 0. The molecule has 0 aromatic carbocycles. The van der Waals surface area contributed by atoms with E-state index in [1.807, 2.05) is 6.92 Å². The minimum atomic E-state index is 0.252. The van der Waals surface area contributed by atoms with E-state index in [4.69, 9.17) is 0 Å². The van der Waals surface area contributed by atoms with Crippen LogP contribution < -0.4 is 0 Å². The second-order valence-electron chi connectivity index (χ2n) is 5.77. The third-order valence-electron chi connectivity index (χ3n) is 3.46. The molecule has 0 aliphatic heterocycles. The van der Waals surface area contributed by atoms with Crippen molar-refractivity contribution in [1.82, 2.24) is 0 Å². The highest BCUT2D eigenvalue weighted by Gasteiger charge is 2.19. The summed E-state index contributed by atoms with van der Waals surface area (Å²) in [5.74, 6) is 0.327. The lowest BCUT2D eigenvalue weighted by molar-refractivity contribution is -0.116. The first-order valence-electron chi connectivity index (χ1n) is 6.26. The number of rotatable bonds is 0. The number of allylic oxidation sites excluding steroid dienone is 4. The van der Waals surface area contributed by atoms with Gasteiger partial charge in [-0.3, -0.25) is 4.79 Å². The molecule has 1 aliphatic carbocycles. The summed E-state index contributed by atoms with van der Waals surface area (Å²) < 4.78 is 0. The minimum absolute atomic E-state index is 0.252. The number of hydrogen-bond donors (Lipinski definition) is 0. The van der Waals surface area contributed by atoms with Crippen LogP contribution in [0.4, 0.5) is 0 Å². The molecule has 0 atom stereocenters. The van der Waals surface area contributed by atoms with E-state index in [1.54, 1.807) is 0 Å². The zero-order chi connectivity index (χ0) is 12.2. The van der Waals surface area contributed by atoms with Gasteiger partial charge in [0, 0.05) is 6.42 Å². The van der Waals surface area contributed by atoms with Crippen molar-refractivity contribution in [3.8, 4) is 0 Å². The molecule has 1 nitrogen and oxygen atoms in total. The first kappa shape index (κ1) is 13.2. The van der Waals surface area contributed by atoms with Gasteiger partial charge in [-0.2, -0.15) is 0 Å². The Kier molecular flexibility index (Phi) is 4.52. The van der Waals surface area contributed by atoms with Crippen molar-refractivity contribution >= 4 is 5.78 Å². The minimum Gasteiger partial charge on any atom is -0.295 e. The average Bonchev–Trinajstić information content (AvgIpc) is 2.23. The topological polar surface area (TPSA) is 17.1 Å². The average molecular weight is 220 g/mol. The quantitative estimate of drug-likeness (QED) is 0.552. The molecular weight excluding hydrogens is 196 g/mol. The van der Waals surface area contributed by atoms with Gasteiger partial charge in [0.2, 0.25) is 0 Å². The molecule has 0 saturated carbocycles. The van der Waals surface area contributed by atoms with Crippen LogP contribution in [0.1, 0.15) is 59.8 Å². The van der Waals surface area contributed by atoms with Gasteiger partial charge in [0.15, 0.2) is 5.78 Å². The van der Waals surface area contributed by atoms with E-state index in [9.17, 15) is 4.79 Å². The summed E-state index contributed by atoms with van der Waals surface area (Å²) in [6.07, 6.45) is 9.30. The van der Waals surface area contributed by atoms with Crippen molar-refractivity contribution in [2.45, 2.75) is 59.8 Å². The molecule has 0 aromatic rings. The van der Waals surface area contributed by atoms with E-state index in [0.717, 1.165) is 31.3 Å². The fourth-order valence-corrected chi connectivity index (χ4v) is 1.93. The van der Waals surface area contributed by atoms with E-state index in [2.05, 4.69) is 32.9 Å². The molecule has 16 heavy (non-hydrogen) atoms. The molecule has 0 saturated heterocycles. The molecule has 0 unspecified atom stereocenters. The van der Waals surface area contributed by atoms with E-state index in [1.165, 1.54) is 5.57 Å². The summed E-state index contributed by atoms with van der Waals surface area (Å²) in [5.41, 5.74) is 2.65. The van der Waals surface area contributed by atoms with Crippen molar-refractivity contribution in [2.24, 2.45) is 5.41 Å². The summed E-state index contributed by atoms with van der Waals surface area (Å²) >= 11 is 0. The van der Waals surface area contributed by atoms with Gasteiger partial charge in [0.25, 0.3) is 0 Å². The van der Waals surface area contributed by atoms with Crippen LogP contribution in [0.3, 0.4) is 0 Å². The Morgan fingerprint density at radius 2 is 1.81 bits per heavy atom. The second-order valence-corrected chi connectivity index (χ2v) is 5.77. The normalized spacial score (nSPS) is 29.6. The number of ketones is 1. The molecule has 0 N–H and O–H groups in total. The Morgan fingerprint density at radius 1 is 1.12 bits per heavy atom. The van der Waals surface area contributed by atoms with Gasteiger partial charge in [0.1, 0.15) is 0 Å². The first-order chi connectivity index (χ1) is 7.41. The van der Waals surface area contributed by atoms with Gasteiger partial charge < -0.3 is 0 Å². The molecule has 0 amide bonds. The predicted molar refractivity (Wildman–Crippen MR) is 69.4 cm³/mol. The maximum atomic E-state index is 11.8. The van der Waals surface area contributed by atoms with Crippen LogP contribution in [0, 0.1) is 5.41 Å². The standard InChI is InChI=1S/C15H24O/c1-12-6-5-7-13(2)14(16)9-11-15(3,4)10-8-12/h7-8H,5-6,9-11H2,1-4H3/b12-8+,13-7+. The summed E-state index contributed by atoms with van der Waals surface area (Å²) in [7, 11) is 0. The molecule has 0 fully saturated rings. The molecule has 1 heteroatoms. The molecule has 0 bridgehead atoms. The fraction of sp³-hybridized carbons (Fsp3) is 0.667. The van der Waals surface area contributed by atoms with Crippen LogP contribution in [0.2, 0.25) is 0 Å². The fourth-order valence-electron chi connectivity index (χ4n) is 1.93. The highest BCUT2D eigenvalue weighted by molar-refractivity contribution is 5.94. The van der Waals surface area contributed by atoms with Crippen molar-refractivity contribution in [3.63, 3.8) is 0 Å². The van der Waals surface area contributed by atoms with Crippen molar-refractivity contribution in [2.75, 3.05) is 0 Å². The van der Waals surface area contributed by atoms with Gasteiger partial charge in [-0.05, 0) is 50.5 Å². The zero-order valence-corrected chi connectivity index (χ0v) is 11.1. The molecule has 1 rings (SSSR count).